The van der Waals surface area contributed by atoms with Crippen molar-refractivity contribution in [2.75, 3.05) is 12.4 Å². The molecule has 2 rings (SSSR count). The highest BCUT2D eigenvalue weighted by atomic mass is 32.1. The van der Waals surface area contributed by atoms with Crippen molar-refractivity contribution < 1.29 is 19.1 Å². The molecule has 1 heterocycles. The van der Waals surface area contributed by atoms with Gasteiger partial charge in [0.05, 0.1) is 7.11 Å². The number of rotatable bonds is 5. The molecule has 0 unspecified atom stereocenters. The van der Waals surface area contributed by atoms with Crippen LogP contribution in [0.3, 0.4) is 0 Å². The zero-order valence-corrected chi connectivity index (χ0v) is 12.5. The van der Waals surface area contributed by atoms with Gasteiger partial charge in [-0.2, -0.15) is 0 Å². The van der Waals surface area contributed by atoms with Gasteiger partial charge in [-0.3, -0.25) is 4.79 Å². The fraction of sp³-hybridized carbons (Fsp3) is 0.200. The Morgan fingerprint density at radius 2 is 1.90 bits per heavy atom. The highest BCUT2D eigenvalue weighted by molar-refractivity contribution is 7.11. The molecule has 1 aromatic carbocycles. The lowest BCUT2D eigenvalue weighted by molar-refractivity contribution is -0.123. The van der Waals surface area contributed by atoms with E-state index < -0.39 is 12.1 Å². The van der Waals surface area contributed by atoms with E-state index in [1.807, 2.05) is 0 Å². The summed E-state index contributed by atoms with van der Waals surface area (Å²) in [6, 6.07) is 10.3. The van der Waals surface area contributed by atoms with Crippen molar-refractivity contribution in [2.24, 2.45) is 0 Å². The number of esters is 1. The minimum atomic E-state index is -0.873. The predicted molar refractivity (Wildman–Crippen MR) is 80.8 cm³/mol. The van der Waals surface area contributed by atoms with Crippen molar-refractivity contribution in [1.82, 2.24) is 0 Å². The maximum Gasteiger partial charge on any atom is 0.349 e. The molecule has 0 aliphatic carbocycles. The van der Waals surface area contributed by atoms with Crippen LogP contribution in [0.1, 0.15) is 16.6 Å². The lowest BCUT2D eigenvalue weighted by atomic mass is 10.3. The van der Waals surface area contributed by atoms with Gasteiger partial charge >= 0.3 is 5.97 Å². The lowest BCUT2D eigenvalue weighted by Gasteiger charge is -2.13. The number of ether oxygens (including phenoxy) is 2. The molecule has 1 atom stereocenters. The molecule has 1 amide bonds. The number of hydrogen-bond acceptors (Lipinski definition) is 5. The van der Waals surface area contributed by atoms with Gasteiger partial charge in [-0.05, 0) is 42.6 Å². The van der Waals surface area contributed by atoms with E-state index in [4.69, 9.17) is 9.47 Å². The normalized spacial score (nSPS) is 11.5. The van der Waals surface area contributed by atoms with Gasteiger partial charge in [-0.1, -0.05) is 6.07 Å². The van der Waals surface area contributed by atoms with Crippen LogP contribution in [0, 0.1) is 0 Å². The van der Waals surface area contributed by atoms with Gasteiger partial charge in [0.2, 0.25) is 0 Å². The van der Waals surface area contributed by atoms with E-state index in [9.17, 15) is 9.59 Å². The average Bonchev–Trinajstić information content (AvgIpc) is 3.02. The van der Waals surface area contributed by atoms with Crippen LogP contribution in [0.5, 0.6) is 5.75 Å². The summed E-state index contributed by atoms with van der Waals surface area (Å²) in [4.78, 5) is 24.2. The van der Waals surface area contributed by atoms with Crippen molar-refractivity contribution in [3.8, 4) is 5.75 Å². The van der Waals surface area contributed by atoms with Crippen LogP contribution in [0.2, 0.25) is 0 Å². The second-order valence-corrected chi connectivity index (χ2v) is 5.19. The number of amides is 1. The highest BCUT2D eigenvalue weighted by Crippen LogP contribution is 2.16. The molecular weight excluding hydrogens is 290 g/mol. The Hall–Kier alpha value is -2.34. The number of methoxy groups -OCH3 is 1. The zero-order chi connectivity index (χ0) is 15.2. The molecule has 0 bridgehead atoms. The summed E-state index contributed by atoms with van der Waals surface area (Å²) in [5.74, 6) is -0.183. The molecule has 0 aliphatic rings. The maximum atomic E-state index is 12.0. The Balaban J connectivity index is 1.91. The van der Waals surface area contributed by atoms with Crippen molar-refractivity contribution in [3.63, 3.8) is 0 Å². The van der Waals surface area contributed by atoms with Crippen LogP contribution in [-0.4, -0.2) is 25.1 Å². The van der Waals surface area contributed by atoms with Crippen molar-refractivity contribution >= 4 is 28.9 Å². The van der Waals surface area contributed by atoms with Crippen molar-refractivity contribution in [3.05, 3.63) is 46.7 Å². The molecule has 110 valence electrons. The Bertz CT molecular complexity index is 607. The second-order valence-electron chi connectivity index (χ2n) is 4.24. The van der Waals surface area contributed by atoms with Crippen LogP contribution in [-0.2, 0) is 9.53 Å². The van der Waals surface area contributed by atoms with Gasteiger partial charge < -0.3 is 14.8 Å². The molecule has 2 aromatic rings. The Morgan fingerprint density at radius 3 is 2.48 bits per heavy atom. The molecule has 5 nitrogen and oxygen atoms in total. The summed E-state index contributed by atoms with van der Waals surface area (Å²) in [5.41, 5.74) is 0.611. The number of carbonyl (C=O) groups is 2. The summed E-state index contributed by atoms with van der Waals surface area (Å²) in [6.45, 7) is 1.53. The van der Waals surface area contributed by atoms with E-state index >= 15 is 0 Å². The molecular formula is C15H15NO4S. The first-order valence-corrected chi connectivity index (χ1v) is 7.17. The number of carbonyl (C=O) groups excluding carboxylic acids is 2. The van der Waals surface area contributed by atoms with Crippen LogP contribution in [0.15, 0.2) is 41.8 Å². The van der Waals surface area contributed by atoms with E-state index in [0.29, 0.717) is 16.3 Å². The smallest absolute Gasteiger partial charge is 0.349 e. The molecule has 0 spiro atoms. The summed E-state index contributed by atoms with van der Waals surface area (Å²) in [5, 5.41) is 4.45. The lowest BCUT2D eigenvalue weighted by Crippen LogP contribution is -2.29. The number of benzene rings is 1. The number of anilines is 1. The SMILES string of the molecule is COc1ccc(NC(=O)[C@H](C)OC(=O)c2cccs2)cc1. The Morgan fingerprint density at radius 1 is 1.19 bits per heavy atom. The van der Waals surface area contributed by atoms with E-state index in [0.717, 1.165) is 0 Å². The third-order valence-corrected chi connectivity index (χ3v) is 3.58. The summed E-state index contributed by atoms with van der Waals surface area (Å²) in [7, 11) is 1.57. The first-order valence-electron chi connectivity index (χ1n) is 6.29. The number of thiophene rings is 1. The van der Waals surface area contributed by atoms with Crippen LogP contribution in [0.4, 0.5) is 5.69 Å². The first-order chi connectivity index (χ1) is 10.1. The van der Waals surface area contributed by atoms with Crippen molar-refractivity contribution in [2.45, 2.75) is 13.0 Å². The van der Waals surface area contributed by atoms with Crippen molar-refractivity contribution in [1.29, 1.82) is 0 Å². The van der Waals surface area contributed by atoms with Crippen LogP contribution < -0.4 is 10.1 Å². The summed E-state index contributed by atoms with van der Waals surface area (Å²) >= 11 is 1.27. The molecule has 21 heavy (non-hydrogen) atoms. The number of nitrogens with one attached hydrogen (secondary N) is 1. The largest absolute Gasteiger partial charge is 0.497 e. The van der Waals surface area contributed by atoms with Gasteiger partial charge in [0, 0.05) is 5.69 Å². The molecule has 1 aromatic heterocycles. The van der Waals surface area contributed by atoms with E-state index in [1.54, 1.807) is 48.9 Å². The molecule has 0 saturated heterocycles. The van der Waals surface area contributed by atoms with Crippen LogP contribution in [0.25, 0.3) is 0 Å². The molecule has 0 radical (unpaired) electrons. The topological polar surface area (TPSA) is 64.6 Å². The molecule has 1 N–H and O–H groups in total. The predicted octanol–water partition coefficient (Wildman–Crippen LogP) is 2.94. The Labute approximate surface area is 126 Å². The summed E-state index contributed by atoms with van der Waals surface area (Å²) < 4.78 is 10.1. The third-order valence-electron chi connectivity index (χ3n) is 2.73. The molecule has 0 fully saturated rings. The second kappa shape index (κ2) is 6.90. The van der Waals surface area contributed by atoms with Gasteiger partial charge in [-0.25, -0.2) is 4.79 Å². The fourth-order valence-corrected chi connectivity index (χ4v) is 2.19. The fourth-order valence-electron chi connectivity index (χ4n) is 1.59. The minimum Gasteiger partial charge on any atom is -0.497 e. The van der Waals surface area contributed by atoms with Crippen LogP contribution >= 0.6 is 11.3 Å². The quantitative estimate of drug-likeness (QED) is 0.863. The monoisotopic (exact) mass is 305 g/mol. The van der Waals surface area contributed by atoms with Gasteiger partial charge in [0.25, 0.3) is 5.91 Å². The Kier molecular flexibility index (Phi) is 4.94. The van der Waals surface area contributed by atoms with E-state index in [2.05, 4.69) is 5.32 Å². The van der Waals surface area contributed by atoms with Gasteiger partial charge in [0.1, 0.15) is 10.6 Å². The number of hydrogen-bond donors (Lipinski definition) is 1. The van der Waals surface area contributed by atoms with E-state index in [1.165, 1.54) is 18.3 Å². The van der Waals surface area contributed by atoms with Gasteiger partial charge in [0.15, 0.2) is 6.10 Å². The average molecular weight is 305 g/mol. The molecule has 6 heteroatoms. The first kappa shape index (κ1) is 15.1. The minimum absolute atomic E-state index is 0.384. The third kappa shape index (κ3) is 4.06. The standard InChI is InChI=1S/C15H15NO4S/c1-10(20-15(18)13-4-3-9-21-13)14(17)16-11-5-7-12(19-2)8-6-11/h3-10H,1-2H3,(H,16,17)/t10-/m0/s1. The maximum absolute atomic E-state index is 12.0. The molecule has 0 aliphatic heterocycles. The molecule has 0 saturated carbocycles. The van der Waals surface area contributed by atoms with E-state index in [-0.39, 0.29) is 5.91 Å². The highest BCUT2D eigenvalue weighted by Gasteiger charge is 2.19. The zero-order valence-electron chi connectivity index (χ0n) is 11.7. The van der Waals surface area contributed by atoms with Gasteiger partial charge in [-0.15, -0.1) is 11.3 Å². The summed E-state index contributed by atoms with van der Waals surface area (Å²) in [6.07, 6.45) is -0.873.